The Balaban J connectivity index is 1.57. The Kier molecular flexibility index (Phi) is 5.30. The van der Waals surface area contributed by atoms with Gasteiger partial charge in [-0.25, -0.2) is 0 Å². The molecular weight excluding hydrogens is 322 g/mol. The summed E-state index contributed by atoms with van der Waals surface area (Å²) in [7, 11) is 0. The van der Waals surface area contributed by atoms with E-state index in [1.54, 1.807) is 11.3 Å². The molecule has 0 aliphatic heterocycles. The van der Waals surface area contributed by atoms with Crippen molar-refractivity contribution in [3.63, 3.8) is 0 Å². The smallest absolute Gasteiger partial charge is 0.317 e. The molecule has 1 amide bonds. The van der Waals surface area contributed by atoms with Gasteiger partial charge in [-0.1, -0.05) is 49.2 Å². The molecule has 0 saturated heterocycles. The van der Waals surface area contributed by atoms with E-state index in [-0.39, 0.29) is 18.5 Å². The van der Waals surface area contributed by atoms with Crippen LogP contribution in [0, 0.1) is 0 Å². The molecule has 2 aromatic rings. The molecule has 5 heteroatoms. The highest BCUT2D eigenvalue weighted by Gasteiger charge is 2.44. The molecule has 0 spiro atoms. The summed E-state index contributed by atoms with van der Waals surface area (Å²) >= 11 is 1.58. The highest BCUT2D eigenvalue weighted by Crippen LogP contribution is 2.42. The van der Waals surface area contributed by atoms with Crippen LogP contribution in [-0.2, 0) is 26.3 Å². The fourth-order valence-corrected chi connectivity index (χ4v) is 3.91. The Labute approximate surface area is 145 Å². The fourth-order valence-electron chi connectivity index (χ4n) is 3.27. The number of rotatable bonds is 6. The van der Waals surface area contributed by atoms with Gasteiger partial charge in [0.05, 0.1) is 12.0 Å². The predicted octanol–water partition coefficient (Wildman–Crippen LogP) is 3.42. The van der Waals surface area contributed by atoms with Crippen LogP contribution in [0.5, 0.6) is 0 Å². The first-order valence-electron chi connectivity index (χ1n) is 8.22. The van der Waals surface area contributed by atoms with E-state index in [9.17, 15) is 9.59 Å². The number of hydrogen-bond acceptors (Lipinski definition) is 4. The first-order valence-corrected chi connectivity index (χ1v) is 9.10. The van der Waals surface area contributed by atoms with E-state index in [2.05, 4.69) is 5.32 Å². The largest absolute Gasteiger partial charge is 0.455 e. The van der Waals surface area contributed by atoms with Crippen LogP contribution in [0.3, 0.4) is 0 Å². The normalized spacial score (nSPS) is 15.8. The van der Waals surface area contributed by atoms with Gasteiger partial charge >= 0.3 is 5.97 Å². The summed E-state index contributed by atoms with van der Waals surface area (Å²) < 4.78 is 5.37. The zero-order valence-electron chi connectivity index (χ0n) is 13.5. The topological polar surface area (TPSA) is 55.4 Å². The lowest BCUT2D eigenvalue weighted by molar-refractivity contribution is -0.154. The second kappa shape index (κ2) is 7.62. The molecule has 4 nitrogen and oxygen atoms in total. The van der Waals surface area contributed by atoms with Gasteiger partial charge in [0, 0.05) is 4.88 Å². The van der Waals surface area contributed by atoms with E-state index in [1.807, 2.05) is 47.8 Å². The third-order valence-electron chi connectivity index (χ3n) is 4.55. The summed E-state index contributed by atoms with van der Waals surface area (Å²) in [4.78, 5) is 25.7. The van der Waals surface area contributed by atoms with Crippen LogP contribution >= 0.6 is 11.3 Å². The number of esters is 1. The molecule has 24 heavy (non-hydrogen) atoms. The predicted molar refractivity (Wildman–Crippen MR) is 93.7 cm³/mol. The molecule has 1 saturated carbocycles. The molecule has 1 aliphatic rings. The van der Waals surface area contributed by atoms with Crippen LogP contribution < -0.4 is 5.32 Å². The minimum atomic E-state index is -0.588. The number of carbonyl (C=O) groups is 2. The summed E-state index contributed by atoms with van der Waals surface area (Å²) in [5, 5.41) is 4.74. The van der Waals surface area contributed by atoms with Crippen LogP contribution in [0.2, 0.25) is 0 Å². The van der Waals surface area contributed by atoms with Crippen molar-refractivity contribution in [1.29, 1.82) is 0 Å². The molecule has 1 N–H and O–H groups in total. The lowest BCUT2D eigenvalue weighted by Gasteiger charge is -2.27. The van der Waals surface area contributed by atoms with Crippen LogP contribution in [-0.4, -0.2) is 18.5 Å². The summed E-state index contributed by atoms with van der Waals surface area (Å²) in [6, 6.07) is 13.7. The number of ether oxygens (including phenoxy) is 1. The zero-order valence-corrected chi connectivity index (χ0v) is 14.3. The van der Waals surface area contributed by atoms with Gasteiger partial charge < -0.3 is 10.1 Å². The van der Waals surface area contributed by atoms with Crippen molar-refractivity contribution in [3.05, 3.63) is 58.3 Å². The quantitative estimate of drug-likeness (QED) is 0.818. The maximum atomic E-state index is 12.7. The van der Waals surface area contributed by atoms with Crippen LogP contribution in [0.25, 0.3) is 0 Å². The third kappa shape index (κ3) is 3.67. The number of hydrogen-bond donors (Lipinski definition) is 1. The minimum absolute atomic E-state index is 0.223. The fraction of sp³-hybridized carbons (Fsp3) is 0.368. The molecular formula is C19H21NO3S. The second-order valence-electron chi connectivity index (χ2n) is 6.09. The number of carbonyl (C=O) groups excluding carboxylic acids is 2. The summed E-state index contributed by atoms with van der Waals surface area (Å²) in [6.07, 6.45) is 3.59. The number of amides is 1. The Morgan fingerprint density at radius 3 is 2.50 bits per heavy atom. The van der Waals surface area contributed by atoms with Crippen molar-refractivity contribution < 1.29 is 14.3 Å². The number of thiophene rings is 1. The standard InChI is InChI=1S/C19H21NO3S/c21-17(20-13-16-9-6-12-24-16)14-23-18(22)19(10-4-5-11-19)15-7-2-1-3-8-15/h1-3,6-9,12H,4-5,10-11,13-14H2,(H,20,21). The molecule has 0 bridgehead atoms. The molecule has 0 unspecified atom stereocenters. The van der Waals surface area contributed by atoms with E-state index < -0.39 is 5.41 Å². The van der Waals surface area contributed by atoms with Gasteiger partial charge in [0.25, 0.3) is 5.91 Å². The molecule has 1 aromatic heterocycles. The van der Waals surface area contributed by atoms with Crippen molar-refractivity contribution in [2.75, 3.05) is 6.61 Å². The SMILES string of the molecule is O=C(COC(=O)C1(c2ccccc2)CCCC1)NCc1cccs1. The summed E-state index contributed by atoms with van der Waals surface area (Å²) in [6.45, 7) is 0.247. The summed E-state index contributed by atoms with van der Waals surface area (Å²) in [5.74, 6) is -0.546. The van der Waals surface area contributed by atoms with E-state index >= 15 is 0 Å². The van der Waals surface area contributed by atoms with Crippen molar-refractivity contribution in [3.8, 4) is 0 Å². The van der Waals surface area contributed by atoms with Crippen molar-refractivity contribution >= 4 is 23.2 Å². The van der Waals surface area contributed by atoms with Crippen LogP contribution in [0.4, 0.5) is 0 Å². The second-order valence-corrected chi connectivity index (χ2v) is 7.12. The average molecular weight is 343 g/mol. The minimum Gasteiger partial charge on any atom is -0.455 e. The third-order valence-corrected chi connectivity index (χ3v) is 5.42. The van der Waals surface area contributed by atoms with E-state index in [4.69, 9.17) is 4.74 Å². The molecule has 126 valence electrons. The van der Waals surface area contributed by atoms with Gasteiger partial charge in [0.1, 0.15) is 0 Å². The number of nitrogens with one attached hydrogen (secondary N) is 1. The van der Waals surface area contributed by atoms with Crippen molar-refractivity contribution in [2.24, 2.45) is 0 Å². The molecule has 3 rings (SSSR count). The molecule has 1 heterocycles. The Hall–Kier alpha value is -2.14. The molecule has 1 fully saturated rings. The van der Waals surface area contributed by atoms with Crippen molar-refractivity contribution in [1.82, 2.24) is 5.32 Å². The molecule has 1 aromatic carbocycles. The van der Waals surface area contributed by atoms with Crippen LogP contribution in [0.15, 0.2) is 47.8 Å². The first kappa shape index (κ1) is 16.7. The van der Waals surface area contributed by atoms with E-state index in [1.165, 1.54) is 0 Å². The molecule has 0 atom stereocenters. The highest BCUT2D eigenvalue weighted by atomic mass is 32.1. The lowest BCUT2D eigenvalue weighted by atomic mass is 9.79. The molecule has 0 radical (unpaired) electrons. The Morgan fingerprint density at radius 1 is 1.08 bits per heavy atom. The zero-order chi connectivity index (χ0) is 16.8. The lowest BCUT2D eigenvalue weighted by Crippen LogP contribution is -2.37. The first-order chi connectivity index (χ1) is 11.7. The highest BCUT2D eigenvalue weighted by molar-refractivity contribution is 7.09. The maximum absolute atomic E-state index is 12.7. The average Bonchev–Trinajstić information content (AvgIpc) is 3.30. The van der Waals surface area contributed by atoms with Gasteiger partial charge in [-0.3, -0.25) is 9.59 Å². The summed E-state index contributed by atoms with van der Waals surface area (Å²) in [5.41, 5.74) is 0.404. The van der Waals surface area contributed by atoms with E-state index in [0.29, 0.717) is 6.54 Å². The van der Waals surface area contributed by atoms with Crippen LogP contribution in [0.1, 0.15) is 36.1 Å². The Bertz CT molecular complexity index is 676. The van der Waals surface area contributed by atoms with Gasteiger partial charge in [-0.15, -0.1) is 11.3 Å². The van der Waals surface area contributed by atoms with Gasteiger partial charge in [-0.05, 0) is 29.9 Å². The van der Waals surface area contributed by atoms with E-state index in [0.717, 1.165) is 36.1 Å². The van der Waals surface area contributed by atoms with Gasteiger partial charge in [-0.2, -0.15) is 0 Å². The molecule has 1 aliphatic carbocycles. The maximum Gasteiger partial charge on any atom is 0.317 e. The van der Waals surface area contributed by atoms with Gasteiger partial charge in [0.2, 0.25) is 0 Å². The number of benzene rings is 1. The monoisotopic (exact) mass is 343 g/mol. The Morgan fingerprint density at radius 2 is 1.83 bits per heavy atom. The van der Waals surface area contributed by atoms with Crippen molar-refractivity contribution in [2.45, 2.75) is 37.6 Å². The van der Waals surface area contributed by atoms with Gasteiger partial charge in [0.15, 0.2) is 6.61 Å².